The largest absolute Gasteiger partial charge is 0.395 e. The van der Waals surface area contributed by atoms with Crippen molar-refractivity contribution in [2.45, 2.75) is 44.4 Å². The number of β-amino-alcohol motifs (C(OH)–C–C–N with tert-alkyl or cyclic N) is 1. The summed E-state index contributed by atoms with van der Waals surface area (Å²) in [4.78, 5) is 2.20. The molecule has 0 aromatic carbocycles. The topological polar surface area (TPSA) is 52.9 Å². The van der Waals surface area contributed by atoms with Gasteiger partial charge in [0.05, 0.1) is 19.3 Å². The second kappa shape index (κ2) is 6.43. The third kappa shape index (κ3) is 3.72. The Bertz CT molecular complexity index is 177. The molecule has 0 amide bonds. The molecule has 0 aromatic heterocycles. The molecule has 1 aliphatic rings. The molecule has 4 nitrogen and oxygen atoms in total. The third-order valence-corrected chi connectivity index (χ3v) is 3.19. The fourth-order valence-corrected chi connectivity index (χ4v) is 2.35. The maximum atomic E-state index is 9.68. The molecule has 1 heterocycles. The zero-order chi connectivity index (χ0) is 11.3. The number of aliphatic hydroxyl groups excluding tert-OH is 2. The molecule has 0 unspecified atom stereocenters. The molecule has 1 rings (SSSR count). The number of hydrogen-bond donors (Lipinski definition) is 2. The molecule has 0 aliphatic carbocycles. The first-order chi connectivity index (χ1) is 7.19. The minimum Gasteiger partial charge on any atom is -0.395 e. The number of aliphatic hydroxyl groups is 2. The maximum absolute atomic E-state index is 9.68. The Labute approximate surface area is 91.8 Å². The number of piperidine rings is 1. The summed E-state index contributed by atoms with van der Waals surface area (Å²) in [6, 6.07) is 0.655. The lowest BCUT2D eigenvalue weighted by Gasteiger charge is -2.40. The van der Waals surface area contributed by atoms with E-state index in [-0.39, 0.29) is 12.6 Å². The second-order valence-corrected chi connectivity index (χ2v) is 4.42. The van der Waals surface area contributed by atoms with Crippen molar-refractivity contribution < 1.29 is 14.9 Å². The molecule has 0 spiro atoms. The van der Waals surface area contributed by atoms with Crippen LogP contribution in [0.4, 0.5) is 0 Å². The fraction of sp³-hybridized carbons (Fsp3) is 1.00. The molecule has 2 N–H and O–H groups in total. The van der Waals surface area contributed by atoms with E-state index in [1.807, 2.05) is 0 Å². The van der Waals surface area contributed by atoms with Gasteiger partial charge in [-0.3, -0.25) is 4.90 Å². The van der Waals surface area contributed by atoms with Crippen molar-refractivity contribution in [1.82, 2.24) is 4.90 Å². The van der Waals surface area contributed by atoms with Crippen LogP contribution in [-0.2, 0) is 4.74 Å². The van der Waals surface area contributed by atoms with E-state index >= 15 is 0 Å². The van der Waals surface area contributed by atoms with Crippen molar-refractivity contribution in [2.24, 2.45) is 0 Å². The van der Waals surface area contributed by atoms with Crippen molar-refractivity contribution in [2.75, 3.05) is 26.9 Å². The van der Waals surface area contributed by atoms with Gasteiger partial charge in [0.15, 0.2) is 0 Å². The molecular weight excluding hydrogens is 194 g/mol. The molecule has 1 aliphatic heterocycles. The SMILES string of the molecule is COC[C@H](O)CN1[C@H](CO)CCC[C@H]1C. The van der Waals surface area contributed by atoms with Gasteiger partial charge in [0, 0.05) is 25.7 Å². The van der Waals surface area contributed by atoms with E-state index in [0.29, 0.717) is 19.2 Å². The van der Waals surface area contributed by atoms with Crippen molar-refractivity contribution in [3.05, 3.63) is 0 Å². The van der Waals surface area contributed by atoms with Gasteiger partial charge in [-0.1, -0.05) is 6.42 Å². The summed E-state index contributed by atoms with van der Waals surface area (Å²) in [6.07, 6.45) is 2.89. The molecule has 0 radical (unpaired) electrons. The molecule has 15 heavy (non-hydrogen) atoms. The molecule has 90 valence electrons. The van der Waals surface area contributed by atoms with Crippen LogP contribution >= 0.6 is 0 Å². The van der Waals surface area contributed by atoms with Crippen molar-refractivity contribution >= 4 is 0 Å². The number of ether oxygens (including phenoxy) is 1. The molecule has 0 bridgehead atoms. The standard InChI is InChI=1S/C11H23NO3/c1-9-4-3-5-10(7-13)12(9)6-11(14)8-15-2/h9-11,13-14H,3-8H2,1-2H3/t9-,10+,11-/m1/s1. The van der Waals surface area contributed by atoms with Crippen LogP contribution in [0.25, 0.3) is 0 Å². The summed E-state index contributed by atoms with van der Waals surface area (Å²) < 4.78 is 4.91. The average molecular weight is 217 g/mol. The van der Waals surface area contributed by atoms with Crippen LogP contribution in [0.5, 0.6) is 0 Å². The number of hydrogen-bond acceptors (Lipinski definition) is 4. The number of likely N-dealkylation sites (tertiary alicyclic amines) is 1. The van der Waals surface area contributed by atoms with Crippen LogP contribution in [0, 0.1) is 0 Å². The normalized spacial score (nSPS) is 30.4. The van der Waals surface area contributed by atoms with Gasteiger partial charge < -0.3 is 14.9 Å². The maximum Gasteiger partial charge on any atom is 0.0900 e. The van der Waals surface area contributed by atoms with Crippen molar-refractivity contribution in [1.29, 1.82) is 0 Å². The summed E-state index contributed by atoms with van der Waals surface area (Å²) in [5, 5.41) is 19.0. The van der Waals surface area contributed by atoms with E-state index in [2.05, 4.69) is 11.8 Å². The second-order valence-electron chi connectivity index (χ2n) is 4.42. The minimum absolute atomic E-state index is 0.185. The number of nitrogens with zero attached hydrogens (tertiary/aromatic N) is 1. The van der Waals surface area contributed by atoms with E-state index in [0.717, 1.165) is 12.8 Å². The van der Waals surface area contributed by atoms with Crippen LogP contribution in [0.1, 0.15) is 26.2 Å². The van der Waals surface area contributed by atoms with Gasteiger partial charge in [-0.15, -0.1) is 0 Å². The first-order valence-electron chi connectivity index (χ1n) is 5.72. The van der Waals surface area contributed by atoms with E-state index in [9.17, 15) is 10.2 Å². The summed E-state index contributed by atoms with van der Waals surface area (Å²) >= 11 is 0. The number of rotatable bonds is 5. The summed E-state index contributed by atoms with van der Waals surface area (Å²) in [5.74, 6) is 0. The third-order valence-electron chi connectivity index (χ3n) is 3.19. The first kappa shape index (κ1) is 12.9. The average Bonchev–Trinajstić information content (AvgIpc) is 2.21. The lowest BCUT2D eigenvalue weighted by Crippen LogP contribution is -2.50. The predicted octanol–water partition coefficient (Wildman–Crippen LogP) is 0.229. The van der Waals surface area contributed by atoms with Crippen molar-refractivity contribution in [3.8, 4) is 0 Å². The first-order valence-corrected chi connectivity index (χ1v) is 5.72. The van der Waals surface area contributed by atoms with Crippen LogP contribution in [-0.4, -0.2) is 60.2 Å². The Morgan fingerprint density at radius 1 is 1.47 bits per heavy atom. The highest BCUT2D eigenvalue weighted by Gasteiger charge is 2.28. The Morgan fingerprint density at radius 3 is 2.80 bits per heavy atom. The van der Waals surface area contributed by atoms with Crippen molar-refractivity contribution in [3.63, 3.8) is 0 Å². The van der Waals surface area contributed by atoms with Gasteiger partial charge in [-0.25, -0.2) is 0 Å². The molecular formula is C11H23NO3. The Morgan fingerprint density at radius 2 is 2.20 bits per heavy atom. The highest BCUT2D eigenvalue weighted by atomic mass is 16.5. The van der Waals surface area contributed by atoms with E-state index in [4.69, 9.17) is 4.74 Å². The van der Waals surface area contributed by atoms with Crippen LogP contribution in [0.2, 0.25) is 0 Å². The van der Waals surface area contributed by atoms with Crippen LogP contribution in [0.3, 0.4) is 0 Å². The van der Waals surface area contributed by atoms with Gasteiger partial charge >= 0.3 is 0 Å². The molecule has 4 heteroatoms. The van der Waals surface area contributed by atoms with E-state index < -0.39 is 6.10 Å². The van der Waals surface area contributed by atoms with Gasteiger partial charge in [0.1, 0.15) is 0 Å². The smallest absolute Gasteiger partial charge is 0.0900 e. The monoisotopic (exact) mass is 217 g/mol. The quantitative estimate of drug-likeness (QED) is 0.692. The van der Waals surface area contributed by atoms with E-state index in [1.165, 1.54) is 6.42 Å². The van der Waals surface area contributed by atoms with Crippen LogP contribution < -0.4 is 0 Å². The highest BCUT2D eigenvalue weighted by Crippen LogP contribution is 2.22. The zero-order valence-corrected chi connectivity index (χ0v) is 9.72. The predicted molar refractivity (Wildman–Crippen MR) is 58.8 cm³/mol. The summed E-state index contributed by atoms with van der Waals surface area (Å²) in [7, 11) is 1.59. The summed E-state index contributed by atoms with van der Waals surface area (Å²) in [6.45, 7) is 3.30. The number of methoxy groups -OCH3 is 1. The summed E-state index contributed by atoms with van der Waals surface area (Å²) in [5.41, 5.74) is 0. The van der Waals surface area contributed by atoms with Gasteiger partial charge in [-0.2, -0.15) is 0 Å². The van der Waals surface area contributed by atoms with Gasteiger partial charge in [-0.05, 0) is 19.8 Å². The Kier molecular flexibility index (Phi) is 5.53. The molecule has 3 atom stereocenters. The highest BCUT2D eigenvalue weighted by molar-refractivity contribution is 4.83. The molecule has 1 fully saturated rings. The van der Waals surface area contributed by atoms with E-state index in [1.54, 1.807) is 7.11 Å². The molecule has 0 saturated carbocycles. The minimum atomic E-state index is -0.454. The van der Waals surface area contributed by atoms with Crippen LogP contribution in [0.15, 0.2) is 0 Å². The Balaban J connectivity index is 2.46. The molecule has 0 aromatic rings. The Hall–Kier alpha value is -0.160. The van der Waals surface area contributed by atoms with Gasteiger partial charge in [0.2, 0.25) is 0 Å². The fourth-order valence-electron chi connectivity index (χ4n) is 2.35. The van der Waals surface area contributed by atoms with Gasteiger partial charge in [0.25, 0.3) is 0 Å². The molecule has 1 saturated heterocycles. The lowest BCUT2D eigenvalue weighted by molar-refractivity contribution is -0.0128. The lowest BCUT2D eigenvalue weighted by atomic mass is 9.96. The zero-order valence-electron chi connectivity index (χ0n) is 9.72.